The third kappa shape index (κ3) is 3.63. The molecule has 1 aromatic heterocycles. The molecule has 0 aliphatic carbocycles. The molecule has 0 atom stereocenters. The zero-order valence-corrected chi connectivity index (χ0v) is 15.5. The molecular weight excluding hydrogens is 326 g/mol. The van der Waals surface area contributed by atoms with Crippen LogP contribution in [0.4, 0.5) is 5.13 Å². The standard InChI is InChI=1S/C17H23N3OS2/c1-11(2)18-16(21)12-7-9-20(10-8-12)17-19-15-13(22-3)5-4-6-14(15)23-17/h4-6,11-12H,7-10H2,1-3H3,(H,18,21). The Morgan fingerprint density at radius 2 is 2.13 bits per heavy atom. The van der Waals surface area contributed by atoms with Gasteiger partial charge >= 0.3 is 0 Å². The number of thiazole rings is 1. The smallest absolute Gasteiger partial charge is 0.223 e. The van der Waals surface area contributed by atoms with Crippen LogP contribution in [0, 0.1) is 5.92 Å². The van der Waals surface area contributed by atoms with Gasteiger partial charge in [0.1, 0.15) is 0 Å². The largest absolute Gasteiger partial charge is 0.354 e. The molecule has 0 unspecified atom stereocenters. The number of aromatic nitrogens is 1. The van der Waals surface area contributed by atoms with Gasteiger partial charge in [-0.25, -0.2) is 4.98 Å². The summed E-state index contributed by atoms with van der Waals surface area (Å²) in [5, 5.41) is 4.12. The van der Waals surface area contributed by atoms with Gasteiger partial charge in [0.25, 0.3) is 0 Å². The van der Waals surface area contributed by atoms with E-state index < -0.39 is 0 Å². The van der Waals surface area contributed by atoms with Crippen LogP contribution in [-0.2, 0) is 4.79 Å². The van der Waals surface area contributed by atoms with Crippen molar-refractivity contribution in [2.24, 2.45) is 5.92 Å². The number of carbonyl (C=O) groups excluding carboxylic acids is 1. The van der Waals surface area contributed by atoms with E-state index in [2.05, 4.69) is 34.7 Å². The van der Waals surface area contributed by atoms with Crippen LogP contribution in [0.1, 0.15) is 26.7 Å². The molecule has 4 nitrogen and oxygen atoms in total. The topological polar surface area (TPSA) is 45.2 Å². The first-order chi connectivity index (χ1) is 11.1. The molecule has 1 aliphatic rings. The van der Waals surface area contributed by atoms with Crippen LogP contribution in [-0.4, -0.2) is 36.3 Å². The van der Waals surface area contributed by atoms with Crippen LogP contribution in [0.15, 0.2) is 23.1 Å². The second-order valence-electron chi connectivity index (χ2n) is 6.23. The van der Waals surface area contributed by atoms with Crippen LogP contribution >= 0.6 is 23.1 Å². The summed E-state index contributed by atoms with van der Waals surface area (Å²) < 4.78 is 1.24. The second kappa shape index (κ2) is 7.09. The molecule has 1 amide bonds. The fourth-order valence-corrected chi connectivity index (χ4v) is 4.62. The van der Waals surface area contributed by atoms with Gasteiger partial charge in [-0.15, -0.1) is 11.8 Å². The summed E-state index contributed by atoms with van der Waals surface area (Å²) in [6, 6.07) is 6.58. The van der Waals surface area contributed by atoms with E-state index in [0.29, 0.717) is 0 Å². The van der Waals surface area contributed by atoms with E-state index in [1.54, 1.807) is 23.1 Å². The number of hydrogen-bond donors (Lipinski definition) is 1. The van der Waals surface area contributed by atoms with E-state index in [-0.39, 0.29) is 17.9 Å². The van der Waals surface area contributed by atoms with E-state index in [9.17, 15) is 4.79 Å². The minimum Gasteiger partial charge on any atom is -0.354 e. The summed E-state index contributed by atoms with van der Waals surface area (Å²) in [7, 11) is 0. The summed E-state index contributed by atoms with van der Waals surface area (Å²) in [4.78, 5) is 20.5. The van der Waals surface area contributed by atoms with Crippen LogP contribution in [0.25, 0.3) is 10.2 Å². The fourth-order valence-electron chi connectivity index (χ4n) is 2.95. The Balaban J connectivity index is 1.69. The Morgan fingerprint density at radius 1 is 1.39 bits per heavy atom. The molecule has 0 radical (unpaired) electrons. The Morgan fingerprint density at radius 3 is 2.78 bits per heavy atom. The number of hydrogen-bond acceptors (Lipinski definition) is 5. The first kappa shape index (κ1) is 16.6. The summed E-state index contributed by atoms with van der Waals surface area (Å²) >= 11 is 3.50. The maximum Gasteiger partial charge on any atom is 0.223 e. The number of fused-ring (bicyclic) bond motifs is 1. The van der Waals surface area contributed by atoms with Crippen molar-refractivity contribution >= 4 is 44.4 Å². The zero-order valence-electron chi connectivity index (χ0n) is 13.8. The molecule has 0 saturated carbocycles. The van der Waals surface area contributed by atoms with Gasteiger partial charge in [0.2, 0.25) is 5.91 Å². The van der Waals surface area contributed by atoms with Gasteiger partial charge in [0.15, 0.2) is 5.13 Å². The van der Waals surface area contributed by atoms with Gasteiger partial charge in [0.05, 0.1) is 10.2 Å². The van der Waals surface area contributed by atoms with E-state index in [1.165, 1.54) is 9.60 Å². The minimum absolute atomic E-state index is 0.143. The molecule has 0 spiro atoms. The lowest BCUT2D eigenvalue weighted by atomic mass is 9.96. The molecule has 1 N–H and O–H groups in total. The quantitative estimate of drug-likeness (QED) is 0.854. The molecular formula is C17H23N3OS2. The molecule has 2 heterocycles. The highest BCUT2D eigenvalue weighted by Gasteiger charge is 2.26. The Kier molecular flexibility index (Phi) is 5.11. The lowest BCUT2D eigenvalue weighted by Crippen LogP contribution is -2.42. The molecule has 1 fully saturated rings. The SMILES string of the molecule is CSc1cccc2sc(N3CCC(C(=O)NC(C)C)CC3)nc12. The lowest BCUT2D eigenvalue weighted by Gasteiger charge is -2.31. The predicted molar refractivity (Wildman–Crippen MR) is 99.6 cm³/mol. The molecule has 6 heteroatoms. The van der Waals surface area contributed by atoms with E-state index in [0.717, 1.165) is 36.6 Å². The van der Waals surface area contributed by atoms with Crippen molar-refractivity contribution in [3.8, 4) is 0 Å². The molecule has 23 heavy (non-hydrogen) atoms. The van der Waals surface area contributed by atoms with Crippen LogP contribution < -0.4 is 10.2 Å². The van der Waals surface area contributed by atoms with Gasteiger partial charge in [-0.1, -0.05) is 17.4 Å². The third-order valence-electron chi connectivity index (χ3n) is 4.16. The fraction of sp³-hybridized carbons (Fsp3) is 0.529. The summed E-state index contributed by atoms with van der Waals surface area (Å²) in [6.07, 6.45) is 3.90. The number of amides is 1. The summed E-state index contributed by atoms with van der Waals surface area (Å²) in [5.74, 6) is 0.346. The third-order valence-corrected chi connectivity index (χ3v) is 6.01. The summed E-state index contributed by atoms with van der Waals surface area (Å²) in [5.41, 5.74) is 1.11. The van der Waals surface area contributed by atoms with Gasteiger partial charge < -0.3 is 10.2 Å². The minimum atomic E-state index is 0.143. The van der Waals surface area contributed by atoms with Crippen LogP contribution in [0.3, 0.4) is 0 Å². The van der Waals surface area contributed by atoms with Gasteiger partial charge in [-0.05, 0) is 45.1 Å². The number of benzene rings is 1. The highest BCUT2D eigenvalue weighted by molar-refractivity contribution is 7.98. The predicted octanol–water partition coefficient (Wildman–Crippen LogP) is 3.76. The van der Waals surface area contributed by atoms with Gasteiger partial charge in [-0.3, -0.25) is 4.79 Å². The Bertz CT molecular complexity index is 690. The highest BCUT2D eigenvalue weighted by Crippen LogP contribution is 2.35. The number of anilines is 1. The molecule has 2 aromatic rings. The van der Waals surface area contributed by atoms with Crippen molar-refractivity contribution in [1.29, 1.82) is 0 Å². The molecule has 124 valence electrons. The number of carbonyl (C=O) groups is 1. The van der Waals surface area contributed by atoms with Crippen molar-refractivity contribution in [1.82, 2.24) is 10.3 Å². The van der Waals surface area contributed by atoms with E-state index in [4.69, 9.17) is 4.98 Å². The van der Waals surface area contributed by atoms with Crippen molar-refractivity contribution in [2.45, 2.75) is 37.6 Å². The van der Waals surface area contributed by atoms with Crippen molar-refractivity contribution in [3.05, 3.63) is 18.2 Å². The summed E-state index contributed by atoms with van der Waals surface area (Å²) in [6.45, 7) is 5.84. The number of rotatable bonds is 4. The number of thioether (sulfide) groups is 1. The Hall–Kier alpha value is -1.27. The van der Waals surface area contributed by atoms with Crippen molar-refractivity contribution in [3.63, 3.8) is 0 Å². The zero-order chi connectivity index (χ0) is 16.4. The molecule has 1 aliphatic heterocycles. The highest BCUT2D eigenvalue weighted by atomic mass is 32.2. The second-order valence-corrected chi connectivity index (χ2v) is 8.09. The first-order valence-electron chi connectivity index (χ1n) is 8.07. The normalized spacial score (nSPS) is 16.3. The van der Waals surface area contributed by atoms with Crippen molar-refractivity contribution in [2.75, 3.05) is 24.2 Å². The van der Waals surface area contributed by atoms with Crippen LogP contribution in [0.5, 0.6) is 0 Å². The molecule has 3 rings (SSSR count). The Labute approximate surface area is 145 Å². The number of piperidine rings is 1. The molecule has 0 bridgehead atoms. The van der Waals surface area contributed by atoms with Crippen molar-refractivity contribution < 1.29 is 4.79 Å². The number of nitrogens with zero attached hydrogens (tertiary/aromatic N) is 2. The van der Waals surface area contributed by atoms with Gasteiger partial charge in [0, 0.05) is 29.9 Å². The van der Waals surface area contributed by atoms with Gasteiger partial charge in [-0.2, -0.15) is 0 Å². The number of nitrogens with one attached hydrogen (secondary N) is 1. The van der Waals surface area contributed by atoms with Crippen LogP contribution in [0.2, 0.25) is 0 Å². The average Bonchev–Trinajstić information content (AvgIpc) is 2.98. The molecule has 1 aromatic carbocycles. The number of para-hydroxylation sites is 1. The van der Waals surface area contributed by atoms with E-state index >= 15 is 0 Å². The molecule has 1 saturated heterocycles. The lowest BCUT2D eigenvalue weighted by molar-refractivity contribution is -0.126. The monoisotopic (exact) mass is 349 g/mol. The maximum absolute atomic E-state index is 12.1. The first-order valence-corrected chi connectivity index (χ1v) is 10.1. The van der Waals surface area contributed by atoms with E-state index in [1.807, 2.05) is 13.8 Å². The average molecular weight is 350 g/mol. The maximum atomic E-state index is 12.1.